The molecule has 0 spiro atoms. The highest BCUT2D eigenvalue weighted by Crippen LogP contribution is 2.25. The maximum atomic E-state index is 12.7. The van der Waals surface area contributed by atoms with E-state index in [1.165, 1.54) is 25.4 Å². The van der Waals surface area contributed by atoms with Crippen molar-refractivity contribution in [1.82, 2.24) is 4.98 Å². The average molecular weight is 233 g/mol. The van der Waals surface area contributed by atoms with E-state index < -0.39 is 0 Å². The van der Waals surface area contributed by atoms with Crippen molar-refractivity contribution in [3.8, 4) is 5.88 Å². The molecule has 0 atom stereocenters. The number of nitrogen functional groups attached to an aromatic ring is 1. The van der Waals surface area contributed by atoms with Crippen LogP contribution in [0.5, 0.6) is 5.88 Å². The summed E-state index contributed by atoms with van der Waals surface area (Å²) in [6.07, 6.45) is 1.50. The van der Waals surface area contributed by atoms with Gasteiger partial charge in [0.1, 0.15) is 5.82 Å². The second kappa shape index (κ2) is 4.69. The van der Waals surface area contributed by atoms with Crippen LogP contribution in [-0.4, -0.2) is 12.1 Å². The molecule has 0 saturated heterocycles. The molecule has 0 saturated carbocycles. The molecule has 1 heterocycles. The quantitative estimate of drug-likeness (QED) is 0.855. The van der Waals surface area contributed by atoms with Gasteiger partial charge < -0.3 is 15.8 Å². The molecular formula is C12H12FN3O. The summed E-state index contributed by atoms with van der Waals surface area (Å²) < 4.78 is 17.7. The molecule has 0 fully saturated rings. The van der Waals surface area contributed by atoms with Gasteiger partial charge in [-0.2, -0.15) is 0 Å². The van der Waals surface area contributed by atoms with Crippen molar-refractivity contribution in [3.05, 3.63) is 42.3 Å². The van der Waals surface area contributed by atoms with Crippen LogP contribution in [0.4, 0.5) is 21.5 Å². The second-order valence-corrected chi connectivity index (χ2v) is 3.45. The van der Waals surface area contributed by atoms with Crippen molar-refractivity contribution in [1.29, 1.82) is 0 Å². The van der Waals surface area contributed by atoms with Crippen LogP contribution in [0.25, 0.3) is 0 Å². The van der Waals surface area contributed by atoms with E-state index in [1.54, 1.807) is 18.2 Å². The van der Waals surface area contributed by atoms with Gasteiger partial charge in [-0.05, 0) is 24.3 Å². The fraction of sp³-hybridized carbons (Fsp3) is 0.0833. The number of hydrogen-bond acceptors (Lipinski definition) is 4. The van der Waals surface area contributed by atoms with E-state index in [1.807, 2.05) is 0 Å². The number of rotatable bonds is 3. The minimum atomic E-state index is -0.282. The molecule has 2 rings (SSSR count). The first-order valence-corrected chi connectivity index (χ1v) is 5.01. The Morgan fingerprint density at radius 3 is 2.65 bits per heavy atom. The van der Waals surface area contributed by atoms with Crippen LogP contribution in [0.1, 0.15) is 0 Å². The van der Waals surface area contributed by atoms with Crippen molar-refractivity contribution >= 4 is 17.1 Å². The molecule has 17 heavy (non-hydrogen) atoms. The Bertz CT molecular complexity index is 514. The number of nitrogens with zero attached hydrogens (tertiary/aromatic N) is 1. The first kappa shape index (κ1) is 11.2. The molecule has 1 aromatic carbocycles. The zero-order valence-corrected chi connectivity index (χ0v) is 9.27. The Morgan fingerprint density at radius 2 is 2.00 bits per heavy atom. The standard InChI is InChI=1S/C12H12FN3O/c1-17-12-6-11(10(14)7-15-12)16-9-4-2-8(13)3-5-9/h2-7H,14H2,1H3,(H,15,16). The Labute approximate surface area is 98.2 Å². The zero-order chi connectivity index (χ0) is 12.3. The van der Waals surface area contributed by atoms with E-state index >= 15 is 0 Å². The topological polar surface area (TPSA) is 60.2 Å². The smallest absolute Gasteiger partial charge is 0.215 e. The molecular weight excluding hydrogens is 221 g/mol. The van der Waals surface area contributed by atoms with E-state index in [4.69, 9.17) is 10.5 Å². The van der Waals surface area contributed by atoms with E-state index in [-0.39, 0.29) is 5.82 Å². The first-order valence-electron chi connectivity index (χ1n) is 5.01. The van der Waals surface area contributed by atoms with Gasteiger partial charge in [-0.25, -0.2) is 9.37 Å². The van der Waals surface area contributed by atoms with Gasteiger partial charge >= 0.3 is 0 Å². The number of pyridine rings is 1. The van der Waals surface area contributed by atoms with Crippen LogP contribution >= 0.6 is 0 Å². The highest BCUT2D eigenvalue weighted by atomic mass is 19.1. The number of nitrogens with two attached hydrogens (primary N) is 1. The third-order valence-electron chi connectivity index (χ3n) is 2.24. The predicted octanol–water partition coefficient (Wildman–Crippen LogP) is 2.56. The van der Waals surface area contributed by atoms with Crippen LogP contribution in [-0.2, 0) is 0 Å². The Morgan fingerprint density at radius 1 is 1.29 bits per heavy atom. The third kappa shape index (κ3) is 2.63. The largest absolute Gasteiger partial charge is 0.481 e. The molecule has 0 bridgehead atoms. The summed E-state index contributed by atoms with van der Waals surface area (Å²) in [7, 11) is 1.53. The molecule has 4 nitrogen and oxygen atoms in total. The Balaban J connectivity index is 2.25. The van der Waals surface area contributed by atoms with Crippen molar-refractivity contribution in [3.63, 3.8) is 0 Å². The van der Waals surface area contributed by atoms with Gasteiger partial charge in [-0.15, -0.1) is 0 Å². The van der Waals surface area contributed by atoms with Gasteiger partial charge in [0.25, 0.3) is 0 Å². The molecule has 0 aliphatic carbocycles. The van der Waals surface area contributed by atoms with Crippen molar-refractivity contribution in [2.24, 2.45) is 0 Å². The van der Waals surface area contributed by atoms with Crippen LogP contribution in [0.2, 0.25) is 0 Å². The van der Waals surface area contributed by atoms with Crippen LogP contribution in [0, 0.1) is 5.82 Å². The summed E-state index contributed by atoms with van der Waals surface area (Å²) in [4.78, 5) is 3.97. The van der Waals surface area contributed by atoms with Gasteiger partial charge in [0.2, 0.25) is 5.88 Å². The van der Waals surface area contributed by atoms with Crippen LogP contribution in [0.3, 0.4) is 0 Å². The summed E-state index contributed by atoms with van der Waals surface area (Å²) in [5, 5.41) is 3.06. The summed E-state index contributed by atoms with van der Waals surface area (Å²) in [6.45, 7) is 0. The minimum Gasteiger partial charge on any atom is -0.481 e. The summed E-state index contributed by atoms with van der Waals surface area (Å²) in [6, 6.07) is 7.68. The van der Waals surface area contributed by atoms with Gasteiger partial charge in [0, 0.05) is 11.8 Å². The maximum Gasteiger partial charge on any atom is 0.215 e. The van der Waals surface area contributed by atoms with E-state index in [0.717, 1.165) is 5.69 Å². The summed E-state index contributed by atoms with van der Waals surface area (Å²) in [5.74, 6) is 0.180. The van der Waals surface area contributed by atoms with E-state index in [0.29, 0.717) is 17.3 Å². The van der Waals surface area contributed by atoms with Gasteiger partial charge in [0.05, 0.1) is 24.7 Å². The number of benzene rings is 1. The monoisotopic (exact) mass is 233 g/mol. The summed E-state index contributed by atoms with van der Waals surface area (Å²) >= 11 is 0. The molecule has 2 aromatic rings. The number of nitrogens with one attached hydrogen (secondary N) is 1. The Kier molecular flexibility index (Phi) is 3.09. The van der Waals surface area contributed by atoms with Gasteiger partial charge in [-0.1, -0.05) is 0 Å². The van der Waals surface area contributed by atoms with Crippen molar-refractivity contribution in [2.45, 2.75) is 0 Å². The molecule has 5 heteroatoms. The molecule has 0 aliphatic heterocycles. The fourth-order valence-electron chi connectivity index (χ4n) is 1.36. The van der Waals surface area contributed by atoms with E-state index in [9.17, 15) is 4.39 Å². The van der Waals surface area contributed by atoms with Gasteiger partial charge in [0.15, 0.2) is 0 Å². The number of hydrogen-bond donors (Lipinski definition) is 2. The lowest BCUT2D eigenvalue weighted by Gasteiger charge is -2.10. The highest BCUT2D eigenvalue weighted by molar-refractivity contribution is 5.72. The molecule has 0 amide bonds. The first-order chi connectivity index (χ1) is 8.19. The Hall–Kier alpha value is -2.30. The van der Waals surface area contributed by atoms with Crippen LogP contribution < -0.4 is 15.8 Å². The number of anilines is 3. The molecule has 0 aliphatic rings. The summed E-state index contributed by atoms with van der Waals surface area (Å²) in [5.41, 5.74) is 7.67. The number of ether oxygens (including phenoxy) is 1. The molecule has 1 aromatic heterocycles. The van der Waals surface area contributed by atoms with Crippen LogP contribution in [0.15, 0.2) is 36.5 Å². The molecule has 3 N–H and O–H groups in total. The molecule has 0 unspecified atom stereocenters. The number of methoxy groups -OCH3 is 1. The lowest BCUT2D eigenvalue weighted by atomic mass is 10.3. The molecule has 88 valence electrons. The predicted molar refractivity (Wildman–Crippen MR) is 64.9 cm³/mol. The minimum absolute atomic E-state index is 0.282. The van der Waals surface area contributed by atoms with Crippen molar-refractivity contribution < 1.29 is 9.13 Å². The van der Waals surface area contributed by atoms with Gasteiger partial charge in [-0.3, -0.25) is 0 Å². The normalized spacial score (nSPS) is 10.0. The SMILES string of the molecule is COc1cc(Nc2ccc(F)cc2)c(N)cn1. The number of halogens is 1. The molecule has 0 radical (unpaired) electrons. The lowest BCUT2D eigenvalue weighted by Crippen LogP contribution is -1.98. The zero-order valence-electron chi connectivity index (χ0n) is 9.27. The average Bonchev–Trinajstić information content (AvgIpc) is 2.35. The highest BCUT2D eigenvalue weighted by Gasteiger charge is 2.03. The lowest BCUT2D eigenvalue weighted by molar-refractivity contribution is 0.398. The number of aromatic nitrogens is 1. The maximum absolute atomic E-state index is 12.7. The van der Waals surface area contributed by atoms with Crippen molar-refractivity contribution in [2.75, 3.05) is 18.2 Å². The second-order valence-electron chi connectivity index (χ2n) is 3.45. The van der Waals surface area contributed by atoms with E-state index in [2.05, 4.69) is 10.3 Å². The fourth-order valence-corrected chi connectivity index (χ4v) is 1.36. The third-order valence-corrected chi connectivity index (χ3v) is 2.24.